The number of aromatic nitrogens is 2. The number of rotatable bonds is 3. The normalized spacial score (nSPS) is 11.1. The smallest absolute Gasteiger partial charge is 0.272 e. The molecule has 0 atom stereocenters. The van der Waals surface area contributed by atoms with E-state index >= 15 is 0 Å². The molecule has 0 saturated carbocycles. The Morgan fingerprint density at radius 2 is 2.10 bits per heavy atom. The van der Waals surface area contributed by atoms with Gasteiger partial charge in [0, 0.05) is 6.54 Å². The second kappa shape index (κ2) is 5.34. The van der Waals surface area contributed by atoms with Crippen LogP contribution < -0.4 is 5.56 Å². The molecular weight excluding hydrogens is 288 g/mol. The Morgan fingerprint density at radius 3 is 2.90 bits per heavy atom. The van der Waals surface area contributed by atoms with E-state index in [4.69, 9.17) is 12.2 Å². The third kappa shape index (κ3) is 2.34. The maximum atomic E-state index is 12.4. The van der Waals surface area contributed by atoms with Crippen LogP contribution in [0.1, 0.15) is 11.1 Å². The van der Waals surface area contributed by atoms with Gasteiger partial charge in [-0.3, -0.25) is 9.36 Å². The van der Waals surface area contributed by atoms with Crippen LogP contribution in [0.25, 0.3) is 10.2 Å². The Labute approximate surface area is 125 Å². The predicted molar refractivity (Wildman–Crippen MR) is 86.2 cm³/mol. The molecule has 1 aromatic carbocycles. The Bertz CT molecular complexity index is 873. The zero-order valence-electron chi connectivity index (χ0n) is 11.1. The van der Waals surface area contributed by atoms with E-state index in [9.17, 15) is 4.79 Å². The molecule has 0 saturated heterocycles. The van der Waals surface area contributed by atoms with Crippen molar-refractivity contribution in [3.8, 4) is 0 Å². The maximum absolute atomic E-state index is 12.4. The molecule has 1 N–H and O–H groups in total. The molecule has 0 radical (unpaired) electrons. The number of benzene rings is 1. The quantitative estimate of drug-likeness (QED) is 0.750. The van der Waals surface area contributed by atoms with Gasteiger partial charge in [-0.15, -0.1) is 11.3 Å². The van der Waals surface area contributed by atoms with E-state index in [2.05, 4.69) is 24.0 Å². The second-order valence-corrected chi connectivity index (χ2v) is 6.03. The minimum absolute atomic E-state index is 0.00679. The summed E-state index contributed by atoms with van der Waals surface area (Å²) in [7, 11) is 0. The van der Waals surface area contributed by atoms with Crippen LogP contribution in [0.15, 0.2) is 40.5 Å². The van der Waals surface area contributed by atoms with E-state index in [1.54, 1.807) is 4.57 Å². The van der Waals surface area contributed by atoms with Crippen LogP contribution in [0.5, 0.6) is 0 Å². The van der Waals surface area contributed by atoms with Crippen molar-refractivity contribution in [3.63, 3.8) is 0 Å². The van der Waals surface area contributed by atoms with Crippen LogP contribution in [-0.2, 0) is 13.0 Å². The summed E-state index contributed by atoms with van der Waals surface area (Å²) in [6, 6.07) is 10.1. The van der Waals surface area contributed by atoms with Crippen molar-refractivity contribution in [2.24, 2.45) is 0 Å². The summed E-state index contributed by atoms with van der Waals surface area (Å²) >= 11 is 6.74. The summed E-state index contributed by atoms with van der Waals surface area (Å²) in [6.07, 6.45) is 0.806. The number of aryl methyl sites for hydroxylation is 2. The molecule has 5 heteroatoms. The highest BCUT2D eigenvalue weighted by molar-refractivity contribution is 7.71. The van der Waals surface area contributed by atoms with E-state index in [0.29, 0.717) is 11.3 Å². The molecule has 2 aromatic heterocycles. The van der Waals surface area contributed by atoms with Crippen molar-refractivity contribution in [2.75, 3.05) is 0 Å². The SMILES string of the molecule is Cc1ccccc1CCn1c(=S)[nH]c2ccsc2c1=O. The van der Waals surface area contributed by atoms with Crippen molar-refractivity contribution >= 4 is 33.8 Å². The van der Waals surface area contributed by atoms with Crippen LogP contribution in [0, 0.1) is 11.7 Å². The van der Waals surface area contributed by atoms with Gasteiger partial charge in [-0.1, -0.05) is 24.3 Å². The summed E-state index contributed by atoms with van der Waals surface area (Å²) in [6.45, 7) is 2.69. The highest BCUT2D eigenvalue weighted by Crippen LogP contribution is 2.14. The summed E-state index contributed by atoms with van der Waals surface area (Å²) in [5.41, 5.74) is 3.33. The van der Waals surface area contributed by atoms with Gasteiger partial charge in [0.1, 0.15) is 4.70 Å². The first kappa shape index (κ1) is 13.3. The molecule has 3 nitrogen and oxygen atoms in total. The minimum Gasteiger partial charge on any atom is -0.331 e. The van der Waals surface area contributed by atoms with Crippen LogP contribution >= 0.6 is 23.6 Å². The Hall–Kier alpha value is -1.72. The number of nitrogens with one attached hydrogen (secondary N) is 1. The highest BCUT2D eigenvalue weighted by atomic mass is 32.1. The Morgan fingerprint density at radius 1 is 1.30 bits per heavy atom. The largest absolute Gasteiger partial charge is 0.331 e. The maximum Gasteiger partial charge on any atom is 0.272 e. The molecule has 3 aromatic rings. The summed E-state index contributed by atoms with van der Waals surface area (Å²) in [5.74, 6) is 0. The standard InChI is InChI=1S/C15H14N2OS2/c1-10-4-2-3-5-11(10)6-8-17-14(18)13-12(7-9-20-13)16-15(17)19/h2-5,7,9H,6,8H2,1H3,(H,16,19). The van der Waals surface area contributed by atoms with Crippen molar-refractivity contribution < 1.29 is 0 Å². The van der Waals surface area contributed by atoms with Gasteiger partial charge in [-0.05, 0) is 48.1 Å². The van der Waals surface area contributed by atoms with E-state index in [-0.39, 0.29) is 5.56 Å². The van der Waals surface area contributed by atoms with Crippen molar-refractivity contribution in [3.05, 3.63) is 62.0 Å². The number of aromatic amines is 1. The average molecular weight is 302 g/mol. The fourth-order valence-electron chi connectivity index (χ4n) is 2.30. The average Bonchev–Trinajstić information content (AvgIpc) is 2.88. The lowest BCUT2D eigenvalue weighted by molar-refractivity contribution is 0.652. The summed E-state index contributed by atoms with van der Waals surface area (Å²) < 4.78 is 2.89. The van der Waals surface area contributed by atoms with Gasteiger partial charge in [0.15, 0.2) is 4.77 Å². The first-order valence-electron chi connectivity index (χ1n) is 6.41. The second-order valence-electron chi connectivity index (χ2n) is 4.73. The van der Waals surface area contributed by atoms with Gasteiger partial charge in [0.25, 0.3) is 5.56 Å². The van der Waals surface area contributed by atoms with E-state index in [1.165, 1.54) is 22.5 Å². The molecule has 20 heavy (non-hydrogen) atoms. The van der Waals surface area contributed by atoms with Crippen molar-refractivity contribution in [1.82, 2.24) is 9.55 Å². The molecule has 0 unspecified atom stereocenters. The molecule has 2 heterocycles. The number of thiophene rings is 1. The Balaban J connectivity index is 1.97. The van der Waals surface area contributed by atoms with Crippen LogP contribution in [-0.4, -0.2) is 9.55 Å². The third-order valence-corrected chi connectivity index (χ3v) is 4.68. The van der Waals surface area contributed by atoms with E-state index in [1.807, 2.05) is 23.6 Å². The number of hydrogen-bond acceptors (Lipinski definition) is 3. The first-order valence-corrected chi connectivity index (χ1v) is 7.70. The molecule has 0 fully saturated rings. The minimum atomic E-state index is 0.00679. The monoisotopic (exact) mass is 302 g/mol. The van der Waals surface area contributed by atoms with Crippen molar-refractivity contribution in [1.29, 1.82) is 0 Å². The molecule has 0 bridgehead atoms. The lowest BCUT2D eigenvalue weighted by Crippen LogP contribution is -2.22. The molecule has 0 aliphatic carbocycles. The lowest BCUT2D eigenvalue weighted by Gasteiger charge is -2.08. The van der Waals surface area contributed by atoms with Gasteiger partial charge in [-0.2, -0.15) is 0 Å². The van der Waals surface area contributed by atoms with Gasteiger partial charge in [0.2, 0.25) is 0 Å². The van der Waals surface area contributed by atoms with Crippen LogP contribution in [0.4, 0.5) is 0 Å². The van der Waals surface area contributed by atoms with Gasteiger partial charge < -0.3 is 4.98 Å². The fraction of sp³-hybridized carbons (Fsp3) is 0.200. The number of H-pyrrole nitrogens is 1. The molecule has 3 rings (SSSR count). The zero-order chi connectivity index (χ0) is 14.1. The van der Waals surface area contributed by atoms with Crippen molar-refractivity contribution in [2.45, 2.75) is 19.9 Å². The molecule has 0 spiro atoms. The topological polar surface area (TPSA) is 37.8 Å². The van der Waals surface area contributed by atoms with Gasteiger partial charge >= 0.3 is 0 Å². The summed E-state index contributed by atoms with van der Waals surface area (Å²) in [4.78, 5) is 15.5. The number of hydrogen-bond donors (Lipinski definition) is 1. The number of fused-ring (bicyclic) bond motifs is 1. The summed E-state index contributed by atoms with van der Waals surface area (Å²) in [5, 5.41) is 1.91. The van der Waals surface area contributed by atoms with Crippen LogP contribution in [0.2, 0.25) is 0 Å². The highest BCUT2D eigenvalue weighted by Gasteiger charge is 2.07. The van der Waals surface area contributed by atoms with Crippen LogP contribution in [0.3, 0.4) is 0 Å². The fourth-order valence-corrected chi connectivity index (χ4v) is 3.38. The van der Waals surface area contributed by atoms with Gasteiger partial charge in [-0.25, -0.2) is 0 Å². The molecule has 0 amide bonds. The predicted octanol–water partition coefficient (Wildman–Crippen LogP) is 3.67. The molecule has 0 aliphatic heterocycles. The molecule has 102 valence electrons. The molecule has 0 aliphatic rings. The van der Waals surface area contributed by atoms with Gasteiger partial charge in [0.05, 0.1) is 5.52 Å². The molecular formula is C15H14N2OS2. The van der Waals surface area contributed by atoms with E-state index in [0.717, 1.165) is 16.6 Å². The third-order valence-electron chi connectivity index (χ3n) is 3.46. The van der Waals surface area contributed by atoms with E-state index < -0.39 is 0 Å². The number of nitrogens with zero attached hydrogens (tertiary/aromatic N) is 1. The lowest BCUT2D eigenvalue weighted by atomic mass is 10.1. The Kier molecular flexibility index (Phi) is 3.54. The zero-order valence-corrected chi connectivity index (χ0v) is 12.7. The first-order chi connectivity index (χ1) is 9.66.